The van der Waals surface area contributed by atoms with E-state index in [2.05, 4.69) is 9.97 Å². The zero-order chi connectivity index (χ0) is 14.8. The van der Waals surface area contributed by atoms with Crippen LogP contribution >= 0.6 is 0 Å². The lowest BCUT2D eigenvalue weighted by atomic mass is 10.1. The van der Waals surface area contributed by atoms with Crippen LogP contribution in [0.4, 0.5) is 0 Å². The summed E-state index contributed by atoms with van der Waals surface area (Å²) < 4.78 is 1.69. The number of aryl methyl sites for hydroxylation is 1. The Morgan fingerprint density at radius 1 is 1.19 bits per heavy atom. The molecule has 0 N–H and O–H groups in total. The first-order valence-electron chi connectivity index (χ1n) is 6.43. The molecular weight excluding hydrogens is 262 g/mol. The summed E-state index contributed by atoms with van der Waals surface area (Å²) >= 11 is 0. The van der Waals surface area contributed by atoms with Gasteiger partial charge in [0.05, 0.1) is 18.4 Å². The van der Waals surface area contributed by atoms with Gasteiger partial charge in [-0.25, -0.2) is 4.98 Å². The number of nitrogens with zero attached hydrogens (tertiary/aromatic N) is 5. The zero-order valence-electron chi connectivity index (χ0n) is 11.4. The number of hydrogen-bond donors (Lipinski definition) is 0. The van der Waals surface area contributed by atoms with Crippen molar-refractivity contribution in [2.24, 2.45) is 0 Å². The molecule has 2 aromatic heterocycles. The molecule has 1 aromatic carbocycles. The fourth-order valence-electron chi connectivity index (χ4n) is 2.41. The number of hydrogen-bond acceptors (Lipinski definition) is 4. The van der Waals surface area contributed by atoms with Gasteiger partial charge in [0.25, 0.3) is 0 Å². The summed E-state index contributed by atoms with van der Waals surface area (Å²) in [7, 11) is 0. The number of imidazole rings is 1. The first-order chi connectivity index (χ1) is 10.2. The van der Waals surface area contributed by atoms with Crippen LogP contribution in [0.2, 0.25) is 0 Å². The van der Waals surface area contributed by atoms with E-state index in [1.54, 1.807) is 4.57 Å². The minimum Gasteiger partial charge on any atom is -0.317 e. The van der Waals surface area contributed by atoms with Gasteiger partial charge in [-0.05, 0) is 24.6 Å². The predicted molar refractivity (Wildman–Crippen MR) is 77.2 cm³/mol. The topological polar surface area (TPSA) is 78.3 Å². The molecule has 0 bridgehead atoms. The smallest absolute Gasteiger partial charge is 0.176 e. The summed E-state index contributed by atoms with van der Waals surface area (Å²) in [5.74, 6) is 0. The fraction of sp³-hybridized carbons (Fsp3) is 0.125. The first-order valence-corrected chi connectivity index (χ1v) is 6.43. The third kappa shape index (κ3) is 2.22. The molecule has 3 aromatic rings. The van der Waals surface area contributed by atoms with Crippen LogP contribution in [0.15, 0.2) is 36.7 Å². The number of pyridine rings is 1. The minimum atomic E-state index is 0.160. The van der Waals surface area contributed by atoms with Gasteiger partial charge in [-0.3, -0.25) is 4.98 Å². The Morgan fingerprint density at radius 2 is 2.00 bits per heavy atom. The van der Waals surface area contributed by atoms with Crippen molar-refractivity contribution in [1.29, 1.82) is 10.5 Å². The molecule has 3 rings (SSSR count). The summed E-state index contributed by atoms with van der Waals surface area (Å²) in [5.41, 5.74) is 3.34. The van der Waals surface area contributed by atoms with Crippen molar-refractivity contribution < 1.29 is 0 Å². The van der Waals surface area contributed by atoms with Gasteiger partial charge in [-0.1, -0.05) is 18.2 Å². The van der Waals surface area contributed by atoms with E-state index >= 15 is 0 Å². The van der Waals surface area contributed by atoms with Gasteiger partial charge in [0, 0.05) is 11.1 Å². The molecule has 0 aliphatic rings. The minimum absolute atomic E-state index is 0.160. The molecule has 0 aliphatic heterocycles. The molecule has 0 aliphatic carbocycles. The summed E-state index contributed by atoms with van der Waals surface area (Å²) in [6.07, 6.45) is 1.53. The summed E-state index contributed by atoms with van der Waals surface area (Å²) in [5, 5.41) is 19.2. The highest BCUT2D eigenvalue weighted by Gasteiger charge is 2.12. The third-order valence-electron chi connectivity index (χ3n) is 3.32. The largest absolute Gasteiger partial charge is 0.317 e. The highest BCUT2D eigenvalue weighted by atomic mass is 15.1. The predicted octanol–water partition coefficient (Wildman–Crippen LogP) is 2.53. The van der Waals surface area contributed by atoms with E-state index in [9.17, 15) is 5.26 Å². The molecule has 0 atom stereocenters. The lowest BCUT2D eigenvalue weighted by molar-refractivity contribution is 0.788. The lowest BCUT2D eigenvalue weighted by Crippen LogP contribution is -2.03. The number of benzene rings is 1. The number of rotatable bonds is 2. The maximum atomic E-state index is 9.19. The van der Waals surface area contributed by atoms with Crippen LogP contribution in [0, 0.1) is 29.6 Å². The second kappa shape index (κ2) is 5.07. The molecule has 100 valence electrons. The Labute approximate surface area is 121 Å². The van der Waals surface area contributed by atoms with E-state index in [4.69, 9.17) is 5.26 Å². The molecule has 5 heteroatoms. The quantitative estimate of drug-likeness (QED) is 0.718. The summed E-state index contributed by atoms with van der Waals surface area (Å²) in [6.45, 7) is 2.43. The average molecular weight is 273 g/mol. The number of fused-ring (bicyclic) bond motifs is 1. The van der Waals surface area contributed by atoms with Gasteiger partial charge in [0.1, 0.15) is 12.1 Å². The zero-order valence-corrected chi connectivity index (χ0v) is 11.4. The summed E-state index contributed by atoms with van der Waals surface area (Å²) in [6, 6.07) is 13.8. The van der Waals surface area contributed by atoms with Crippen LogP contribution in [-0.2, 0) is 6.54 Å². The van der Waals surface area contributed by atoms with Crippen LogP contribution in [-0.4, -0.2) is 14.5 Å². The van der Waals surface area contributed by atoms with Crippen molar-refractivity contribution in [1.82, 2.24) is 14.5 Å². The molecule has 0 saturated heterocycles. The molecule has 2 heterocycles. The van der Waals surface area contributed by atoms with Gasteiger partial charge < -0.3 is 4.57 Å². The molecule has 0 spiro atoms. The van der Waals surface area contributed by atoms with Crippen LogP contribution in [0.5, 0.6) is 0 Å². The van der Waals surface area contributed by atoms with Gasteiger partial charge in [0.2, 0.25) is 0 Å². The monoisotopic (exact) mass is 273 g/mol. The van der Waals surface area contributed by atoms with Crippen molar-refractivity contribution in [3.8, 4) is 12.1 Å². The highest BCUT2D eigenvalue weighted by Crippen LogP contribution is 2.20. The molecule has 0 saturated carbocycles. The van der Waals surface area contributed by atoms with E-state index in [-0.39, 0.29) is 11.4 Å². The molecule has 0 amide bonds. The SMILES string of the molecule is Cc1cc(Cn2cnc(C#N)c2C#N)c2ccccc2n1. The second-order valence-electron chi connectivity index (χ2n) is 4.73. The number of aromatic nitrogens is 3. The van der Waals surface area contributed by atoms with E-state index < -0.39 is 0 Å². The van der Waals surface area contributed by atoms with Gasteiger partial charge in [-0.15, -0.1) is 0 Å². The Balaban J connectivity index is 2.13. The van der Waals surface area contributed by atoms with Crippen molar-refractivity contribution in [2.75, 3.05) is 0 Å². The maximum Gasteiger partial charge on any atom is 0.176 e. The van der Waals surface area contributed by atoms with Crippen molar-refractivity contribution in [3.63, 3.8) is 0 Å². The molecule has 21 heavy (non-hydrogen) atoms. The van der Waals surface area contributed by atoms with E-state index in [0.29, 0.717) is 6.54 Å². The van der Waals surface area contributed by atoms with Gasteiger partial charge >= 0.3 is 0 Å². The van der Waals surface area contributed by atoms with E-state index in [1.165, 1.54) is 6.33 Å². The van der Waals surface area contributed by atoms with E-state index in [1.807, 2.05) is 49.4 Å². The molecule has 0 fully saturated rings. The van der Waals surface area contributed by atoms with Crippen LogP contribution in [0.25, 0.3) is 10.9 Å². The van der Waals surface area contributed by atoms with Crippen molar-refractivity contribution in [3.05, 3.63) is 59.3 Å². The van der Waals surface area contributed by atoms with Crippen LogP contribution < -0.4 is 0 Å². The van der Waals surface area contributed by atoms with Crippen molar-refractivity contribution in [2.45, 2.75) is 13.5 Å². The normalized spacial score (nSPS) is 10.2. The fourth-order valence-corrected chi connectivity index (χ4v) is 2.41. The second-order valence-corrected chi connectivity index (χ2v) is 4.73. The average Bonchev–Trinajstić information content (AvgIpc) is 2.88. The Kier molecular flexibility index (Phi) is 3.10. The Hall–Kier alpha value is -3.18. The van der Waals surface area contributed by atoms with Crippen LogP contribution in [0.3, 0.4) is 0 Å². The van der Waals surface area contributed by atoms with Crippen LogP contribution in [0.1, 0.15) is 22.6 Å². The molecule has 5 nitrogen and oxygen atoms in total. The Bertz CT molecular complexity index is 909. The molecule has 0 radical (unpaired) electrons. The third-order valence-corrected chi connectivity index (χ3v) is 3.32. The number of nitriles is 2. The van der Waals surface area contributed by atoms with Gasteiger partial charge in [-0.2, -0.15) is 10.5 Å². The van der Waals surface area contributed by atoms with Crippen molar-refractivity contribution >= 4 is 10.9 Å². The van der Waals surface area contributed by atoms with E-state index in [0.717, 1.165) is 22.2 Å². The molecular formula is C16H11N5. The highest BCUT2D eigenvalue weighted by molar-refractivity contribution is 5.82. The molecule has 0 unspecified atom stereocenters. The Morgan fingerprint density at radius 3 is 2.76 bits per heavy atom. The first kappa shape index (κ1) is 12.8. The maximum absolute atomic E-state index is 9.19. The number of para-hydroxylation sites is 1. The lowest BCUT2D eigenvalue weighted by Gasteiger charge is -2.09. The standard InChI is InChI=1S/C16H11N5/c1-11-6-12(13-4-2-3-5-14(13)20-11)9-21-10-19-15(7-17)16(21)8-18/h2-6,10H,9H2,1H3. The van der Waals surface area contributed by atoms with Gasteiger partial charge in [0.15, 0.2) is 11.4 Å². The summed E-state index contributed by atoms with van der Waals surface area (Å²) in [4.78, 5) is 8.47.